The van der Waals surface area contributed by atoms with Gasteiger partial charge in [-0.3, -0.25) is 4.98 Å². The summed E-state index contributed by atoms with van der Waals surface area (Å²) < 4.78 is 5.73. The Labute approximate surface area is 108 Å². The first-order valence-electron chi connectivity index (χ1n) is 6.87. The van der Waals surface area contributed by atoms with E-state index in [4.69, 9.17) is 4.74 Å². The highest BCUT2D eigenvalue weighted by atomic mass is 16.5. The van der Waals surface area contributed by atoms with Crippen molar-refractivity contribution in [3.05, 3.63) is 30.1 Å². The molecule has 1 N–H and O–H groups in total. The molecule has 3 rings (SSSR count). The minimum atomic E-state index is 0.668. The SMILES string of the molecule is C(=CC1CCNC1)c1cncc(OCC2CC2)c1. The Balaban J connectivity index is 1.58. The summed E-state index contributed by atoms with van der Waals surface area (Å²) in [4.78, 5) is 4.24. The molecule has 1 aliphatic heterocycles. The zero-order valence-electron chi connectivity index (χ0n) is 10.6. The maximum absolute atomic E-state index is 5.73. The molecule has 1 saturated carbocycles. The lowest BCUT2D eigenvalue weighted by Crippen LogP contribution is -2.07. The lowest BCUT2D eigenvalue weighted by atomic mass is 10.1. The smallest absolute Gasteiger partial charge is 0.138 e. The van der Waals surface area contributed by atoms with E-state index in [0.717, 1.165) is 36.9 Å². The molecule has 0 bridgehead atoms. The van der Waals surface area contributed by atoms with Gasteiger partial charge in [-0.1, -0.05) is 12.2 Å². The van der Waals surface area contributed by atoms with Gasteiger partial charge in [-0.15, -0.1) is 0 Å². The lowest BCUT2D eigenvalue weighted by Gasteiger charge is -2.05. The van der Waals surface area contributed by atoms with Gasteiger partial charge >= 0.3 is 0 Å². The monoisotopic (exact) mass is 244 g/mol. The van der Waals surface area contributed by atoms with E-state index in [2.05, 4.69) is 28.5 Å². The fourth-order valence-electron chi connectivity index (χ4n) is 2.19. The van der Waals surface area contributed by atoms with Crippen LogP contribution >= 0.6 is 0 Å². The zero-order chi connectivity index (χ0) is 12.2. The van der Waals surface area contributed by atoms with Crippen molar-refractivity contribution in [1.82, 2.24) is 10.3 Å². The fourth-order valence-corrected chi connectivity index (χ4v) is 2.19. The Morgan fingerprint density at radius 1 is 1.33 bits per heavy atom. The average Bonchev–Trinajstić information content (AvgIpc) is 3.09. The van der Waals surface area contributed by atoms with Crippen LogP contribution in [0.2, 0.25) is 0 Å². The topological polar surface area (TPSA) is 34.2 Å². The summed E-state index contributed by atoms with van der Waals surface area (Å²) in [6, 6.07) is 2.08. The number of rotatable bonds is 5. The highest BCUT2D eigenvalue weighted by Gasteiger charge is 2.21. The third-order valence-electron chi connectivity index (χ3n) is 3.58. The van der Waals surface area contributed by atoms with Gasteiger partial charge < -0.3 is 10.1 Å². The zero-order valence-corrected chi connectivity index (χ0v) is 10.6. The third kappa shape index (κ3) is 3.33. The second-order valence-electron chi connectivity index (χ2n) is 5.32. The molecule has 0 spiro atoms. The first kappa shape index (κ1) is 11.7. The molecule has 1 aliphatic carbocycles. The van der Waals surface area contributed by atoms with Crippen LogP contribution in [0.1, 0.15) is 24.8 Å². The number of aromatic nitrogens is 1. The van der Waals surface area contributed by atoms with Crippen molar-refractivity contribution in [1.29, 1.82) is 0 Å². The third-order valence-corrected chi connectivity index (χ3v) is 3.58. The van der Waals surface area contributed by atoms with E-state index in [1.807, 2.05) is 6.20 Å². The molecule has 1 saturated heterocycles. The van der Waals surface area contributed by atoms with Gasteiger partial charge in [0.1, 0.15) is 5.75 Å². The summed E-state index contributed by atoms with van der Waals surface area (Å²) in [5.41, 5.74) is 1.13. The van der Waals surface area contributed by atoms with Crippen molar-refractivity contribution < 1.29 is 4.74 Å². The minimum absolute atomic E-state index is 0.668. The lowest BCUT2D eigenvalue weighted by molar-refractivity contribution is 0.298. The van der Waals surface area contributed by atoms with Gasteiger partial charge in [-0.05, 0) is 49.3 Å². The van der Waals surface area contributed by atoms with E-state index in [1.165, 1.54) is 19.3 Å². The van der Waals surface area contributed by atoms with Gasteiger partial charge in [0.2, 0.25) is 0 Å². The predicted octanol–water partition coefficient (Wildman–Crippen LogP) is 2.49. The molecule has 2 aliphatic rings. The second-order valence-corrected chi connectivity index (χ2v) is 5.32. The summed E-state index contributed by atoms with van der Waals surface area (Å²) in [6.45, 7) is 3.08. The Kier molecular flexibility index (Phi) is 3.60. The first-order valence-corrected chi connectivity index (χ1v) is 6.87. The van der Waals surface area contributed by atoms with Crippen molar-refractivity contribution in [2.75, 3.05) is 19.7 Å². The van der Waals surface area contributed by atoms with Gasteiger partial charge in [-0.2, -0.15) is 0 Å². The maximum Gasteiger partial charge on any atom is 0.138 e. The van der Waals surface area contributed by atoms with E-state index in [-0.39, 0.29) is 0 Å². The molecule has 1 aromatic heterocycles. The van der Waals surface area contributed by atoms with Gasteiger partial charge in [0.05, 0.1) is 12.8 Å². The highest BCUT2D eigenvalue weighted by Crippen LogP contribution is 2.29. The van der Waals surface area contributed by atoms with Crippen LogP contribution in [0.5, 0.6) is 5.75 Å². The van der Waals surface area contributed by atoms with E-state index in [9.17, 15) is 0 Å². The Hall–Kier alpha value is -1.35. The largest absolute Gasteiger partial charge is 0.492 e. The molecular formula is C15H20N2O. The van der Waals surface area contributed by atoms with Crippen LogP contribution in [-0.4, -0.2) is 24.7 Å². The van der Waals surface area contributed by atoms with E-state index < -0.39 is 0 Å². The van der Waals surface area contributed by atoms with E-state index in [0.29, 0.717) is 5.92 Å². The quantitative estimate of drug-likeness (QED) is 0.864. The van der Waals surface area contributed by atoms with Crippen molar-refractivity contribution in [2.24, 2.45) is 11.8 Å². The molecule has 96 valence electrons. The van der Waals surface area contributed by atoms with E-state index in [1.54, 1.807) is 6.20 Å². The summed E-state index contributed by atoms with van der Waals surface area (Å²) in [7, 11) is 0. The van der Waals surface area contributed by atoms with E-state index >= 15 is 0 Å². The van der Waals surface area contributed by atoms with Crippen molar-refractivity contribution >= 4 is 6.08 Å². The normalized spacial score (nSPS) is 23.7. The molecule has 1 aromatic rings. The van der Waals surface area contributed by atoms with Gasteiger partial charge in [0, 0.05) is 12.7 Å². The fraction of sp³-hybridized carbons (Fsp3) is 0.533. The molecule has 0 radical (unpaired) electrons. The van der Waals surface area contributed by atoms with Crippen molar-refractivity contribution in [2.45, 2.75) is 19.3 Å². The molecule has 3 heteroatoms. The second kappa shape index (κ2) is 5.53. The Bertz CT molecular complexity index is 420. The summed E-state index contributed by atoms with van der Waals surface area (Å²) in [5.74, 6) is 2.35. The molecule has 0 aromatic carbocycles. The number of ether oxygens (including phenoxy) is 1. The number of hydrogen-bond acceptors (Lipinski definition) is 3. The molecule has 0 amide bonds. The highest BCUT2D eigenvalue weighted by molar-refractivity contribution is 5.50. The van der Waals surface area contributed by atoms with Crippen LogP contribution in [0.25, 0.3) is 6.08 Å². The van der Waals surface area contributed by atoms with Crippen LogP contribution in [-0.2, 0) is 0 Å². The van der Waals surface area contributed by atoms with Crippen LogP contribution in [0, 0.1) is 11.8 Å². The number of nitrogens with one attached hydrogen (secondary N) is 1. The molecule has 18 heavy (non-hydrogen) atoms. The molecule has 1 atom stereocenters. The van der Waals surface area contributed by atoms with Gasteiger partial charge in [0.25, 0.3) is 0 Å². The number of hydrogen-bond donors (Lipinski definition) is 1. The first-order chi connectivity index (χ1) is 8.90. The molecule has 1 unspecified atom stereocenters. The van der Waals surface area contributed by atoms with Crippen molar-refractivity contribution in [3.63, 3.8) is 0 Å². The number of nitrogens with zero attached hydrogens (tertiary/aromatic N) is 1. The van der Waals surface area contributed by atoms with Gasteiger partial charge in [0.15, 0.2) is 0 Å². The standard InChI is InChI=1S/C15H20N2O/c1(12-5-6-16-8-12)4-14-7-15(10-17-9-14)18-11-13-2-3-13/h1,4,7,9-10,12-13,16H,2-3,5-6,8,11H2. The molecular weight excluding hydrogens is 224 g/mol. The predicted molar refractivity (Wildman–Crippen MR) is 72.5 cm³/mol. The maximum atomic E-state index is 5.73. The number of pyridine rings is 1. The Morgan fingerprint density at radius 2 is 2.28 bits per heavy atom. The molecule has 2 heterocycles. The summed E-state index contributed by atoms with van der Waals surface area (Å²) >= 11 is 0. The molecule has 3 nitrogen and oxygen atoms in total. The Morgan fingerprint density at radius 3 is 3.06 bits per heavy atom. The van der Waals surface area contributed by atoms with Crippen LogP contribution in [0.4, 0.5) is 0 Å². The van der Waals surface area contributed by atoms with Crippen LogP contribution < -0.4 is 10.1 Å². The summed E-state index contributed by atoms with van der Waals surface area (Å²) in [5, 5.41) is 3.37. The van der Waals surface area contributed by atoms with Gasteiger partial charge in [-0.25, -0.2) is 0 Å². The average molecular weight is 244 g/mol. The minimum Gasteiger partial charge on any atom is -0.492 e. The molecule has 2 fully saturated rings. The summed E-state index contributed by atoms with van der Waals surface area (Å²) in [6.07, 6.45) is 12.0. The van der Waals surface area contributed by atoms with Crippen molar-refractivity contribution in [3.8, 4) is 5.75 Å². The van der Waals surface area contributed by atoms with Crippen LogP contribution in [0.15, 0.2) is 24.5 Å². The van der Waals surface area contributed by atoms with Crippen LogP contribution in [0.3, 0.4) is 0 Å².